The standard InChI is InChI=1S/C16H17NO3/c1-5-15(19)20-16-11-7-6-10(2)8-12(11)14(18)9-13(16)17(3)4/h5-9,18H,1H2,2-4H3. The van der Waals surface area contributed by atoms with E-state index in [1.54, 1.807) is 11.0 Å². The molecule has 0 aliphatic rings. The van der Waals surface area contributed by atoms with Gasteiger partial charge in [0.25, 0.3) is 0 Å². The molecule has 2 rings (SSSR count). The molecule has 0 aliphatic carbocycles. The Balaban J connectivity index is 2.78. The fourth-order valence-electron chi connectivity index (χ4n) is 2.06. The van der Waals surface area contributed by atoms with Crippen molar-refractivity contribution < 1.29 is 14.6 Å². The fourth-order valence-corrected chi connectivity index (χ4v) is 2.06. The van der Waals surface area contributed by atoms with Gasteiger partial charge in [0.15, 0.2) is 5.75 Å². The molecule has 0 radical (unpaired) electrons. The van der Waals surface area contributed by atoms with Crippen molar-refractivity contribution in [2.24, 2.45) is 0 Å². The Bertz CT molecular complexity index is 690. The molecule has 4 heteroatoms. The zero-order chi connectivity index (χ0) is 14.9. The second-order valence-corrected chi connectivity index (χ2v) is 4.81. The SMILES string of the molecule is C=CC(=O)Oc1c(N(C)C)cc(O)c2cc(C)ccc12. The van der Waals surface area contributed by atoms with E-state index in [9.17, 15) is 9.90 Å². The predicted molar refractivity (Wildman–Crippen MR) is 80.5 cm³/mol. The smallest absolute Gasteiger partial charge is 0.335 e. The van der Waals surface area contributed by atoms with Gasteiger partial charge in [-0.2, -0.15) is 0 Å². The second kappa shape index (κ2) is 5.25. The molecule has 0 fully saturated rings. The Kier molecular flexibility index (Phi) is 3.66. The second-order valence-electron chi connectivity index (χ2n) is 4.81. The lowest BCUT2D eigenvalue weighted by Gasteiger charge is -2.19. The van der Waals surface area contributed by atoms with E-state index in [1.807, 2.05) is 39.2 Å². The van der Waals surface area contributed by atoms with Gasteiger partial charge in [0, 0.05) is 37.0 Å². The Morgan fingerprint density at radius 2 is 2.00 bits per heavy atom. The lowest BCUT2D eigenvalue weighted by Crippen LogP contribution is -2.13. The van der Waals surface area contributed by atoms with E-state index in [1.165, 1.54) is 0 Å². The van der Waals surface area contributed by atoms with Gasteiger partial charge in [-0.05, 0) is 13.0 Å². The molecule has 0 saturated heterocycles. The van der Waals surface area contributed by atoms with Crippen LogP contribution in [0, 0.1) is 6.92 Å². The van der Waals surface area contributed by atoms with Gasteiger partial charge in [0.1, 0.15) is 5.75 Å². The van der Waals surface area contributed by atoms with Gasteiger partial charge < -0.3 is 14.7 Å². The summed E-state index contributed by atoms with van der Waals surface area (Å²) >= 11 is 0. The van der Waals surface area contributed by atoms with E-state index in [0.717, 1.165) is 11.6 Å². The number of aryl methyl sites for hydroxylation is 1. The third kappa shape index (κ3) is 2.45. The number of hydrogen-bond acceptors (Lipinski definition) is 4. The lowest BCUT2D eigenvalue weighted by molar-refractivity contribution is -0.128. The summed E-state index contributed by atoms with van der Waals surface area (Å²) in [7, 11) is 3.64. The number of hydrogen-bond donors (Lipinski definition) is 1. The highest BCUT2D eigenvalue weighted by molar-refractivity contribution is 6.00. The first-order chi connectivity index (χ1) is 9.43. The van der Waals surface area contributed by atoms with E-state index in [-0.39, 0.29) is 5.75 Å². The molecule has 20 heavy (non-hydrogen) atoms. The first-order valence-electron chi connectivity index (χ1n) is 6.22. The van der Waals surface area contributed by atoms with Gasteiger partial charge in [-0.3, -0.25) is 0 Å². The van der Waals surface area contributed by atoms with Crippen molar-refractivity contribution in [3.63, 3.8) is 0 Å². The summed E-state index contributed by atoms with van der Waals surface area (Å²) in [5, 5.41) is 11.5. The molecular formula is C16H17NO3. The Morgan fingerprint density at radius 1 is 1.30 bits per heavy atom. The van der Waals surface area contributed by atoms with Crippen LogP contribution in [0.5, 0.6) is 11.5 Å². The molecule has 0 unspecified atom stereocenters. The zero-order valence-electron chi connectivity index (χ0n) is 11.8. The summed E-state index contributed by atoms with van der Waals surface area (Å²) in [6.45, 7) is 5.34. The van der Waals surface area contributed by atoms with E-state index in [0.29, 0.717) is 22.2 Å². The molecule has 0 amide bonds. The number of esters is 1. The van der Waals surface area contributed by atoms with Crippen LogP contribution in [0.3, 0.4) is 0 Å². The van der Waals surface area contributed by atoms with Gasteiger partial charge in [-0.15, -0.1) is 0 Å². The van der Waals surface area contributed by atoms with Crippen LogP contribution in [0.25, 0.3) is 10.8 Å². The van der Waals surface area contributed by atoms with E-state index in [2.05, 4.69) is 6.58 Å². The van der Waals surface area contributed by atoms with E-state index < -0.39 is 5.97 Å². The summed E-state index contributed by atoms with van der Waals surface area (Å²) in [6, 6.07) is 7.19. The minimum absolute atomic E-state index is 0.158. The maximum absolute atomic E-state index is 11.5. The van der Waals surface area contributed by atoms with Crippen LogP contribution in [0.1, 0.15) is 5.56 Å². The molecule has 0 heterocycles. The third-order valence-corrected chi connectivity index (χ3v) is 3.05. The Labute approximate surface area is 117 Å². The number of carbonyl (C=O) groups excluding carboxylic acids is 1. The summed E-state index contributed by atoms with van der Waals surface area (Å²) in [5.74, 6) is 0.0548. The highest BCUT2D eigenvalue weighted by atomic mass is 16.5. The lowest BCUT2D eigenvalue weighted by atomic mass is 10.0. The van der Waals surface area contributed by atoms with Crippen molar-refractivity contribution >= 4 is 22.4 Å². The molecule has 0 atom stereocenters. The summed E-state index contributed by atoms with van der Waals surface area (Å²) in [4.78, 5) is 13.3. The molecule has 104 valence electrons. The number of anilines is 1. The highest BCUT2D eigenvalue weighted by Gasteiger charge is 2.16. The summed E-state index contributed by atoms with van der Waals surface area (Å²) < 4.78 is 5.35. The van der Waals surface area contributed by atoms with Gasteiger partial charge >= 0.3 is 5.97 Å². The number of rotatable bonds is 3. The van der Waals surface area contributed by atoms with Gasteiger partial charge in [0.05, 0.1) is 5.69 Å². The molecule has 2 aromatic carbocycles. The highest BCUT2D eigenvalue weighted by Crippen LogP contribution is 2.41. The Hall–Kier alpha value is -2.49. The van der Waals surface area contributed by atoms with Crippen molar-refractivity contribution in [2.45, 2.75) is 6.92 Å². The zero-order valence-corrected chi connectivity index (χ0v) is 11.8. The molecule has 0 aromatic heterocycles. The number of phenolic OH excluding ortho intramolecular Hbond substituents is 1. The topological polar surface area (TPSA) is 49.8 Å². The first-order valence-corrected chi connectivity index (χ1v) is 6.22. The van der Waals surface area contributed by atoms with Crippen LogP contribution in [0.2, 0.25) is 0 Å². The molecule has 4 nitrogen and oxygen atoms in total. The molecule has 1 N–H and O–H groups in total. The fraction of sp³-hybridized carbons (Fsp3) is 0.188. The van der Waals surface area contributed by atoms with E-state index in [4.69, 9.17) is 4.74 Å². The maximum Gasteiger partial charge on any atom is 0.335 e. The first kappa shape index (κ1) is 13.9. The van der Waals surface area contributed by atoms with Gasteiger partial charge in [0.2, 0.25) is 0 Å². The molecule has 2 aromatic rings. The number of carbonyl (C=O) groups is 1. The van der Waals surface area contributed by atoms with Crippen molar-refractivity contribution in [1.82, 2.24) is 0 Å². The number of ether oxygens (including phenoxy) is 1. The number of phenols is 1. The summed E-state index contributed by atoms with van der Waals surface area (Å²) in [6.07, 6.45) is 1.12. The van der Waals surface area contributed by atoms with Crippen molar-refractivity contribution in [1.29, 1.82) is 0 Å². The van der Waals surface area contributed by atoms with Crippen molar-refractivity contribution in [3.8, 4) is 11.5 Å². The predicted octanol–water partition coefficient (Wildman–Crippen LogP) is 3.01. The van der Waals surface area contributed by atoms with E-state index >= 15 is 0 Å². The maximum atomic E-state index is 11.5. The monoisotopic (exact) mass is 271 g/mol. The van der Waals surface area contributed by atoms with Crippen LogP contribution in [0.15, 0.2) is 36.9 Å². The average Bonchev–Trinajstić information content (AvgIpc) is 2.41. The average molecular weight is 271 g/mol. The number of fused-ring (bicyclic) bond motifs is 1. The van der Waals surface area contributed by atoms with Crippen LogP contribution in [-0.4, -0.2) is 25.2 Å². The third-order valence-electron chi connectivity index (χ3n) is 3.05. The number of aromatic hydroxyl groups is 1. The molecular weight excluding hydrogens is 254 g/mol. The molecule has 0 bridgehead atoms. The molecule has 0 spiro atoms. The van der Waals surface area contributed by atoms with Crippen LogP contribution >= 0.6 is 0 Å². The minimum Gasteiger partial charge on any atom is -0.507 e. The Morgan fingerprint density at radius 3 is 2.60 bits per heavy atom. The van der Waals surface area contributed by atoms with Crippen molar-refractivity contribution in [2.75, 3.05) is 19.0 Å². The number of nitrogens with zero attached hydrogens (tertiary/aromatic N) is 1. The van der Waals surface area contributed by atoms with Crippen LogP contribution < -0.4 is 9.64 Å². The van der Waals surface area contributed by atoms with Crippen molar-refractivity contribution in [3.05, 3.63) is 42.5 Å². The van der Waals surface area contributed by atoms with Gasteiger partial charge in [-0.25, -0.2) is 4.79 Å². The van der Waals surface area contributed by atoms with Crippen LogP contribution in [-0.2, 0) is 4.79 Å². The quantitative estimate of drug-likeness (QED) is 0.529. The minimum atomic E-state index is -0.527. The van der Waals surface area contributed by atoms with Crippen LogP contribution in [0.4, 0.5) is 5.69 Å². The van der Waals surface area contributed by atoms with Gasteiger partial charge in [-0.1, -0.05) is 24.3 Å². The largest absolute Gasteiger partial charge is 0.507 e. The summed E-state index contributed by atoms with van der Waals surface area (Å²) in [5.41, 5.74) is 1.65. The normalized spacial score (nSPS) is 10.3. The number of benzene rings is 2. The molecule has 0 aliphatic heterocycles. The molecule has 0 saturated carbocycles.